The normalized spacial score (nSPS) is 13.4. The molecule has 1 atom stereocenters. The van der Waals surface area contributed by atoms with E-state index in [1.54, 1.807) is 6.92 Å². The third kappa shape index (κ3) is 1.32. The first-order valence-electron chi connectivity index (χ1n) is 4.86. The molecule has 2 N–H and O–H groups in total. The lowest BCUT2D eigenvalue weighted by atomic mass is 10.0. The van der Waals surface area contributed by atoms with E-state index < -0.39 is 6.10 Å². The fraction of sp³-hybridized carbons (Fsp3) is 0.333. The van der Waals surface area contributed by atoms with Crippen molar-refractivity contribution in [2.45, 2.75) is 26.9 Å². The summed E-state index contributed by atoms with van der Waals surface area (Å²) >= 11 is 0. The number of hydrogen-bond acceptors (Lipinski definition) is 1. The van der Waals surface area contributed by atoms with Crippen LogP contribution in [0.2, 0.25) is 0 Å². The summed E-state index contributed by atoms with van der Waals surface area (Å²) < 4.78 is 0. The molecule has 2 rings (SSSR count). The molecule has 0 aliphatic heterocycles. The van der Waals surface area contributed by atoms with E-state index in [1.807, 2.05) is 6.20 Å². The standard InChI is InChI=1S/C12H15NO/c1-7-4-8(2)12-10(9(3)14)6-13-11(12)5-7/h4-6,9,13-14H,1-3H3. The van der Waals surface area contributed by atoms with Crippen LogP contribution in [0.5, 0.6) is 0 Å². The van der Waals surface area contributed by atoms with Gasteiger partial charge < -0.3 is 10.1 Å². The van der Waals surface area contributed by atoms with Gasteiger partial charge in [0.25, 0.3) is 0 Å². The zero-order chi connectivity index (χ0) is 10.3. The van der Waals surface area contributed by atoms with Crippen molar-refractivity contribution in [2.24, 2.45) is 0 Å². The zero-order valence-corrected chi connectivity index (χ0v) is 8.76. The Hall–Kier alpha value is -1.28. The number of aromatic amines is 1. The highest BCUT2D eigenvalue weighted by atomic mass is 16.3. The maximum atomic E-state index is 9.58. The largest absolute Gasteiger partial charge is 0.389 e. The van der Waals surface area contributed by atoms with Crippen LogP contribution in [0.15, 0.2) is 18.3 Å². The Morgan fingerprint density at radius 1 is 1.29 bits per heavy atom. The first kappa shape index (κ1) is 9.28. The van der Waals surface area contributed by atoms with Crippen LogP contribution >= 0.6 is 0 Å². The van der Waals surface area contributed by atoms with Gasteiger partial charge in [0.15, 0.2) is 0 Å². The van der Waals surface area contributed by atoms with Crippen molar-refractivity contribution in [1.29, 1.82) is 0 Å². The molecule has 1 unspecified atom stereocenters. The lowest BCUT2D eigenvalue weighted by Crippen LogP contribution is -1.90. The van der Waals surface area contributed by atoms with Crippen molar-refractivity contribution in [3.8, 4) is 0 Å². The molecule has 1 heterocycles. The van der Waals surface area contributed by atoms with Crippen LogP contribution < -0.4 is 0 Å². The van der Waals surface area contributed by atoms with Gasteiger partial charge in [-0.2, -0.15) is 0 Å². The molecule has 0 spiro atoms. The lowest BCUT2D eigenvalue weighted by molar-refractivity contribution is 0.201. The van der Waals surface area contributed by atoms with E-state index in [9.17, 15) is 5.11 Å². The topological polar surface area (TPSA) is 36.0 Å². The molecule has 0 amide bonds. The van der Waals surface area contributed by atoms with Gasteiger partial charge in [0.05, 0.1) is 6.10 Å². The van der Waals surface area contributed by atoms with Crippen molar-refractivity contribution in [3.63, 3.8) is 0 Å². The van der Waals surface area contributed by atoms with Crippen LogP contribution in [0.3, 0.4) is 0 Å². The minimum atomic E-state index is -0.412. The summed E-state index contributed by atoms with van der Waals surface area (Å²) in [5.41, 5.74) is 4.56. The molecular weight excluding hydrogens is 174 g/mol. The molecule has 2 nitrogen and oxygen atoms in total. The number of aliphatic hydroxyl groups excluding tert-OH is 1. The summed E-state index contributed by atoms with van der Waals surface area (Å²) in [5, 5.41) is 10.7. The highest BCUT2D eigenvalue weighted by Gasteiger charge is 2.10. The maximum absolute atomic E-state index is 9.58. The fourth-order valence-electron chi connectivity index (χ4n) is 2.02. The fourth-order valence-corrected chi connectivity index (χ4v) is 2.02. The van der Waals surface area contributed by atoms with Crippen LogP contribution in [0, 0.1) is 13.8 Å². The van der Waals surface area contributed by atoms with E-state index in [0.717, 1.165) is 16.5 Å². The smallest absolute Gasteiger partial charge is 0.0782 e. The number of benzene rings is 1. The van der Waals surface area contributed by atoms with E-state index in [1.165, 1.54) is 11.1 Å². The summed E-state index contributed by atoms with van der Waals surface area (Å²) in [7, 11) is 0. The molecule has 1 aromatic heterocycles. The molecule has 14 heavy (non-hydrogen) atoms. The number of aryl methyl sites for hydroxylation is 2. The number of nitrogens with one attached hydrogen (secondary N) is 1. The summed E-state index contributed by atoms with van der Waals surface area (Å²) in [4.78, 5) is 3.19. The molecule has 0 saturated carbocycles. The summed E-state index contributed by atoms with van der Waals surface area (Å²) in [6, 6.07) is 4.25. The van der Waals surface area contributed by atoms with Crippen molar-refractivity contribution in [2.75, 3.05) is 0 Å². The quantitative estimate of drug-likeness (QED) is 0.711. The van der Waals surface area contributed by atoms with Crippen molar-refractivity contribution < 1.29 is 5.11 Å². The Balaban J connectivity index is 2.79. The predicted molar refractivity (Wildman–Crippen MR) is 58.4 cm³/mol. The summed E-state index contributed by atoms with van der Waals surface area (Å²) in [6.45, 7) is 5.95. The van der Waals surface area contributed by atoms with Gasteiger partial charge in [-0.3, -0.25) is 0 Å². The van der Waals surface area contributed by atoms with E-state index in [-0.39, 0.29) is 0 Å². The van der Waals surface area contributed by atoms with E-state index in [0.29, 0.717) is 0 Å². The molecule has 2 aromatic rings. The third-order valence-corrected chi connectivity index (χ3v) is 2.60. The molecule has 0 saturated heterocycles. The van der Waals surface area contributed by atoms with Crippen LogP contribution in [0.4, 0.5) is 0 Å². The van der Waals surface area contributed by atoms with Crippen LogP contribution in [0.1, 0.15) is 29.7 Å². The molecule has 2 heteroatoms. The van der Waals surface area contributed by atoms with Gasteiger partial charge in [0, 0.05) is 22.7 Å². The first-order valence-corrected chi connectivity index (χ1v) is 4.86. The van der Waals surface area contributed by atoms with Crippen LogP contribution in [0.25, 0.3) is 10.9 Å². The Kier molecular flexibility index (Phi) is 2.08. The second-order valence-corrected chi connectivity index (χ2v) is 3.92. The van der Waals surface area contributed by atoms with E-state index in [2.05, 4.69) is 31.0 Å². The number of hydrogen-bond donors (Lipinski definition) is 2. The van der Waals surface area contributed by atoms with Gasteiger partial charge in [-0.15, -0.1) is 0 Å². The van der Waals surface area contributed by atoms with Gasteiger partial charge in [-0.25, -0.2) is 0 Å². The van der Waals surface area contributed by atoms with Gasteiger partial charge in [-0.1, -0.05) is 6.07 Å². The number of aliphatic hydroxyl groups is 1. The Morgan fingerprint density at radius 2 is 2.00 bits per heavy atom. The Labute approximate surface area is 83.6 Å². The number of fused-ring (bicyclic) bond motifs is 1. The van der Waals surface area contributed by atoms with E-state index in [4.69, 9.17) is 0 Å². The summed E-state index contributed by atoms with van der Waals surface area (Å²) in [6.07, 6.45) is 1.48. The molecule has 0 radical (unpaired) electrons. The maximum Gasteiger partial charge on any atom is 0.0782 e. The molecule has 0 fully saturated rings. The Bertz CT molecular complexity index is 468. The first-order chi connectivity index (χ1) is 6.59. The third-order valence-electron chi connectivity index (χ3n) is 2.60. The molecule has 0 bridgehead atoms. The second kappa shape index (κ2) is 3.14. The van der Waals surface area contributed by atoms with Crippen molar-refractivity contribution in [3.05, 3.63) is 35.0 Å². The van der Waals surface area contributed by atoms with Crippen molar-refractivity contribution >= 4 is 10.9 Å². The number of rotatable bonds is 1. The highest BCUT2D eigenvalue weighted by Crippen LogP contribution is 2.27. The average Bonchev–Trinajstić information content (AvgIpc) is 2.47. The average molecular weight is 189 g/mol. The molecule has 74 valence electrons. The van der Waals surface area contributed by atoms with Gasteiger partial charge in [0.1, 0.15) is 0 Å². The minimum absolute atomic E-state index is 0.412. The van der Waals surface area contributed by atoms with Crippen LogP contribution in [-0.4, -0.2) is 10.1 Å². The molecular formula is C12H15NO. The minimum Gasteiger partial charge on any atom is -0.389 e. The van der Waals surface area contributed by atoms with E-state index >= 15 is 0 Å². The van der Waals surface area contributed by atoms with Gasteiger partial charge in [-0.05, 0) is 38.0 Å². The van der Waals surface area contributed by atoms with Crippen LogP contribution in [-0.2, 0) is 0 Å². The lowest BCUT2D eigenvalue weighted by Gasteiger charge is -2.05. The highest BCUT2D eigenvalue weighted by molar-refractivity contribution is 5.87. The Morgan fingerprint density at radius 3 is 2.64 bits per heavy atom. The van der Waals surface area contributed by atoms with Gasteiger partial charge in [0.2, 0.25) is 0 Å². The molecule has 0 aliphatic carbocycles. The monoisotopic (exact) mass is 189 g/mol. The molecule has 1 aromatic carbocycles. The molecule has 0 aliphatic rings. The predicted octanol–water partition coefficient (Wildman–Crippen LogP) is 2.84. The number of aromatic nitrogens is 1. The second-order valence-electron chi connectivity index (χ2n) is 3.92. The summed E-state index contributed by atoms with van der Waals surface area (Å²) in [5.74, 6) is 0. The van der Waals surface area contributed by atoms with Crippen molar-refractivity contribution in [1.82, 2.24) is 4.98 Å². The SMILES string of the molecule is Cc1cc(C)c2c(C(C)O)c[nH]c2c1. The number of H-pyrrole nitrogens is 1. The zero-order valence-electron chi connectivity index (χ0n) is 8.76. The van der Waals surface area contributed by atoms with Gasteiger partial charge >= 0.3 is 0 Å².